The van der Waals surface area contributed by atoms with E-state index in [1.165, 1.54) is 28.5 Å². The predicted octanol–water partition coefficient (Wildman–Crippen LogP) is 0.315. The van der Waals surface area contributed by atoms with Crippen LogP contribution in [0.25, 0.3) is 5.65 Å². The lowest BCUT2D eigenvalue weighted by molar-refractivity contribution is 0.788. The molecule has 3 aromatic rings. The minimum absolute atomic E-state index is 0.245. The zero-order valence-electron chi connectivity index (χ0n) is 10.4. The lowest BCUT2D eigenvalue weighted by atomic mass is 10.3. The highest BCUT2D eigenvalue weighted by Gasteiger charge is 2.10. The molecule has 1 N–H and O–H groups in total. The van der Waals surface area contributed by atoms with Crippen LogP contribution in [0.2, 0.25) is 0 Å². The Morgan fingerprint density at radius 3 is 3.10 bits per heavy atom. The Bertz CT molecular complexity index is 869. The first-order chi connectivity index (χ1) is 9.69. The van der Waals surface area contributed by atoms with Crippen molar-refractivity contribution in [2.24, 2.45) is 7.05 Å². The maximum absolute atomic E-state index is 11.9. The number of hydrogen-bond acceptors (Lipinski definition) is 6. The Kier molecular flexibility index (Phi) is 3.00. The fraction of sp³-hybridized carbons (Fsp3) is 0.182. The van der Waals surface area contributed by atoms with Crippen LogP contribution in [0.4, 0.5) is 0 Å². The Labute approximate surface area is 117 Å². The molecule has 3 heterocycles. The molecular weight excluding hydrogens is 278 g/mol. The first kappa shape index (κ1) is 12.4. The number of aromatic amines is 1. The molecule has 0 aromatic carbocycles. The second kappa shape index (κ2) is 4.82. The van der Waals surface area contributed by atoms with Crippen LogP contribution < -0.4 is 5.56 Å². The summed E-state index contributed by atoms with van der Waals surface area (Å²) < 4.78 is 3.03. The van der Waals surface area contributed by atoms with E-state index in [1.807, 2.05) is 13.1 Å². The number of nitrogens with one attached hydrogen (secondary N) is 1. The average Bonchev–Trinajstić information content (AvgIpc) is 3.02. The third-order valence-corrected chi connectivity index (χ3v) is 3.76. The quantitative estimate of drug-likeness (QED) is 0.695. The Balaban J connectivity index is 1.94. The molecule has 20 heavy (non-hydrogen) atoms. The summed E-state index contributed by atoms with van der Waals surface area (Å²) in [5.41, 5.74) is 1.03. The van der Waals surface area contributed by atoms with Crippen molar-refractivity contribution in [2.45, 2.75) is 10.9 Å². The summed E-state index contributed by atoms with van der Waals surface area (Å²) in [6.07, 6.45) is 3.07. The average molecular weight is 287 g/mol. The van der Waals surface area contributed by atoms with Gasteiger partial charge in [0.1, 0.15) is 18.0 Å². The van der Waals surface area contributed by atoms with Gasteiger partial charge in [-0.05, 0) is 0 Å². The van der Waals surface area contributed by atoms with Crippen molar-refractivity contribution in [1.82, 2.24) is 29.4 Å². The summed E-state index contributed by atoms with van der Waals surface area (Å²) in [4.78, 5) is 16.2. The van der Waals surface area contributed by atoms with Crippen molar-refractivity contribution in [3.8, 4) is 6.07 Å². The predicted molar refractivity (Wildman–Crippen MR) is 71.1 cm³/mol. The Morgan fingerprint density at radius 1 is 1.55 bits per heavy atom. The van der Waals surface area contributed by atoms with Gasteiger partial charge in [0.05, 0.1) is 5.69 Å². The molecule has 8 nitrogen and oxygen atoms in total. The normalized spacial score (nSPS) is 10.8. The summed E-state index contributed by atoms with van der Waals surface area (Å²) >= 11 is 1.43. The summed E-state index contributed by atoms with van der Waals surface area (Å²) in [6.45, 7) is 0. The van der Waals surface area contributed by atoms with E-state index < -0.39 is 0 Å². The molecule has 0 saturated carbocycles. The molecule has 3 aromatic heterocycles. The summed E-state index contributed by atoms with van der Waals surface area (Å²) in [5.74, 6) is 0.480. The standard InChI is InChI=1S/C11H9N7OS/c1-17-6-13-16-11(17)20-5-8-2-9(19)18-10(15-8)7(3-12)4-14-18/h2,4,6,14H,5H2,1H3. The van der Waals surface area contributed by atoms with Gasteiger partial charge in [-0.25, -0.2) is 9.50 Å². The van der Waals surface area contributed by atoms with Gasteiger partial charge >= 0.3 is 0 Å². The number of H-pyrrole nitrogens is 1. The van der Waals surface area contributed by atoms with Crippen LogP contribution in [-0.4, -0.2) is 29.4 Å². The van der Waals surface area contributed by atoms with E-state index >= 15 is 0 Å². The third kappa shape index (κ3) is 2.06. The van der Waals surface area contributed by atoms with Gasteiger partial charge in [-0.2, -0.15) is 5.26 Å². The van der Waals surface area contributed by atoms with Crippen molar-refractivity contribution in [2.75, 3.05) is 0 Å². The molecule has 0 saturated heterocycles. The molecular formula is C11H9N7OS. The summed E-state index contributed by atoms with van der Waals surface area (Å²) in [6, 6.07) is 3.43. The van der Waals surface area contributed by atoms with Gasteiger partial charge in [0.25, 0.3) is 5.56 Å². The highest BCUT2D eigenvalue weighted by molar-refractivity contribution is 7.98. The van der Waals surface area contributed by atoms with Crippen molar-refractivity contribution >= 4 is 17.4 Å². The SMILES string of the molecule is Cn1cnnc1SCc1cc(=O)n2[nH]cc(C#N)c2n1. The van der Waals surface area contributed by atoms with E-state index in [0.717, 1.165) is 5.16 Å². The van der Waals surface area contributed by atoms with Crippen LogP contribution in [0.5, 0.6) is 0 Å². The molecule has 0 radical (unpaired) electrons. The largest absolute Gasteiger partial charge is 0.312 e. The lowest BCUT2D eigenvalue weighted by Crippen LogP contribution is -2.15. The summed E-state index contributed by atoms with van der Waals surface area (Å²) in [7, 11) is 1.84. The lowest BCUT2D eigenvalue weighted by Gasteiger charge is -2.01. The smallest absolute Gasteiger partial charge is 0.272 e. The van der Waals surface area contributed by atoms with E-state index in [9.17, 15) is 4.79 Å². The van der Waals surface area contributed by atoms with Gasteiger partial charge < -0.3 is 4.57 Å². The number of aromatic nitrogens is 6. The van der Waals surface area contributed by atoms with Gasteiger partial charge in [0.2, 0.25) is 0 Å². The molecule has 100 valence electrons. The van der Waals surface area contributed by atoms with Crippen molar-refractivity contribution < 1.29 is 0 Å². The minimum atomic E-state index is -0.245. The minimum Gasteiger partial charge on any atom is -0.312 e. The molecule has 9 heteroatoms. The zero-order valence-corrected chi connectivity index (χ0v) is 11.3. The summed E-state index contributed by atoms with van der Waals surface area (Å²) in [5, 5.41) is 20.1. The van der Waals surface area contributed by atoms with Crippen LogP contribution in [0, 0.1) is 11.3 Å². The van der Waals surface area contributed by atoms with E-state index in [-0.39, 0.29) is 5.56 Å². The fourth-order valence-corrected chi connectivity index (χ4v) is 2.51. The topological polar surface area (TPSA) is 105 Å². The maximum atomic E-state index is 11.9. The number of rotatable bonds is 3. The number of aryl methyl sites for hydroxylation is 1. The van der Waals surface area contributed by atoms with E-state index in [0.29, 0.717) is 22.7 Å². The molecule has 0 amide bonds. The molecule has 0 fully saturated rings. The van der Waals surface area contributed by atoms with Gasteiger partial charge in [-0.3, -0.25) is 9.89 Å². The zero-order chi connectivity index (χ0) is 14.1. The highest BCUT2D eigenvalue weighted by Crippen LogP contribution is 2.18. The van der Waals surface area contributed by atoms with Gasteiger partial charge in [0.15, 0.2) is 10.8 Å². The van der Waals surface area contributed by atoms with Crippen LogP contribution in [0.1, 0.15) is 11.3 Å². The number of nitriles is 1. The van der Waals surface area contributed by atoms with Crippen molar-refractivity contribution in [3.05, 3.63) is 40.2 Å². The van der Waals surface area contributed by atoms with Crippen molar-refractivity contribution in [3.63, 3.8) is 0 Å². The van der Waals surface area contributed by atoms with Crippen LogP contribution in [0.15, 0.2) is 28.5 Å². The first-order valence-corrected chi connectivity index (χ1v) is 6.64. The van der Waals surface area contributed by atoms with Crippen LogP contribution in [0.3, 0.4) is 0 Å². The van der Waals surface area contributed by atoms with Gasteiger partial charge in [-0.1, -0.05) is 11.8 Å². The Hall–Kier alpha value is -2.60. The number of nitrogens with zero attached hydrogens (tertiary/aromatic N) is 6. The molecule has 0 spiro atoms. The Morgan fingerprint density at radius 2 is 2.40 bits per heavy atom. The van der Waals surface area contributed by atoms with Gasteiger partial charge in [0, 0.05) is 25.1 Å². The fourth-order valence-electron chi connectivity index (χ4n) is 1.73. The van der Waals surface area contributed by atoms with Crippen LogP contribution in [-0.2, 0) is 12.8 Å². The molecule has 3 rings (SSSR count). The molecule has 0 unspecified atom stereocenters. The maximum Gasteiger partial charge on any atom is 0.272 e. The molecule has 0 aliphatic heterocycles. The highest BCUT2D eigenvalue weighted by atomic mass is 32.2. The van der Waals surface area contributed by atoms with Crippen LogP contribution >= 0.6 is 11.8 Å². The number of thioether (sulfide) groups is 1. The molecule has 0 atom stereocenters. The second-order valence-electron chi connectivity index (χ2n) is 4.06. The number of hydrogen-bond donors (Lipinski definition) is 1. The first-order valence-electron chi connectivity index (χ1n) is 5.66. The van der Waals surface area contributed by atoms with Crippen molar-refractivity contribution in [1.29, 1.82) is 5.26 Å². The van der Waals surface area contributed by atoms with E-state index in [4.69, 9.17) is 5.26 Å². The molecule has 0 aliphatic rings. The van der Waals surface area contributed by atoms with Gasteiger partial charge in [-0.15, -0.1) is 10.2 Å². The molecule has 0 bridgehead atoms. The number of fused-ring (bicyclic) bond motifs is 1. The third-order valence-electron chi connectivity index (χ3n) is 2.69. The van der Waals surface area contributed by atoms with E-state index in [1.54, 1.807) is 10.9 Å². The second-order valence-corrected chi connectivity index (χ2v) is 5.00. The molecule has 0 aliphatic carbocycles. The monoisotopic (exact) mass is 287 g/mol. The van der Waals surface area contributed by atoms with E-state index in [2.05, 4.69) is 20.3 Å².